The number of nitrogens with one attached hydrogen (secondary N) is 1. The molecular formula is C28H28N4O2S2. The van der Waals surface area contributed by atoms with E-state index in [4.69, 9.17) is 4.99 Å². The number of rotatable bonds is 6. The molecule has 2 aliphatic heterocycles. The van der Waals surface area contributed by atoms with Crippen molar-refractivity contribution in [2.45, 2.75) is 31.4 Å². The van der Waals surface area contributed by atoms with Gasteiger partial charge in [-0.1, -0.05) is 60.3 Å². The minimum Gasteiger partial charge on any atom is -0.389 e. The van der Waals surface area contributed by atoms with E-state index in [1.54, 1.807) is 23.6 Å². The third-order valence-electron chi connectivity index (χ3n) is 6.07. The summed E-state index contributed by atoms with van der Waals surface area (Å²) in [6, 6.07) is 23.9. The summed E-state index contributed by atoms with van der Waals surface area (Å²) in [5.74, 6) is -0.0542. The molecule has 8 heteroatoms. The second-order valence-electron chi connectivity index (χ2n) is 8.62. The summed E-state index contributed by atoms with van der Waals surface area (Å²) in [4.78, 5) is 24.5. The number of nitrogens with zero attached hydrogens (tertiary/aromatic N) is 3. The lowest BCUT2D eigenvalue weighted by molar-refractivity contribution is -0.122. The minimum absolute atomic E-state index is 0.0542. The van der Waals surface area contributed by atoms with Crippen molar-refractivity contribution in [2.24, 2.45) is 4.99 Å². The number of fused-ring (bicyclic) bond motifs is 1. The minimum atomic E-state index is -0.613. The predicted molar refractivity (Wildman–Crippen MR) is 151 cm³/mol. The molecule has 36 heavy (non-hydrogen) atoms. The Balaban J connectivity index is 1.59. The number of anilines is 2. The zero-order valence-electron chi connectivity index (χ0n) is 20.4. The summed E-state index contributed by atoms with van der Waals surface area (Å²) >= 11 is 3.02. The van der Waals surface area contributed by atoms with Crippen LogP contribution in [0, 0.1) is 0 Å². The van der Waals surface area contributed by atoms with Crippen LogP contribution in [0.3, 0.4) is 0 Å². The number of para-hydroxylation sites is 1. The fraction of sp³-hybridized carbons (Fsp3) is 0.214. The third kappa shape index (κ3) is 4.76. The molecule has 0 radical (unpaired) electrons. The summed E-state index contributed by atoms with van der Waals surface area (Å²) in [6.07, 6.45) is -0.613. The lowest BCUT2D eigenvalue weighted by Gasteiger charge is -2.17. The van der Waals surface area contributed by atoms with Crippen molar-refractivity contribution in [1.29, 1.82) is 0 Å². The van der Waals surface area contributed by atoms with Gasteiger partial charge >= 0.3 is 0 Å². The number of carbonyl (C=O) groups excluding carboxylic acids is 1. The van der Waals surface area contributed by atoms with E-state index in [9.17, 15) is 9.90 Å². The normalized spacial score (nSPS) is 19.2. The highest BCUT2D eigenvalue weighted by Gasteiger charge is 2.39. The lowest BCUT2D eigenvalue weighted by Crippen LogP contribution is -2.29. The first-order chi connectivity index (χ1) is 17.5. The van der Waals surface area contributed by atoms with Gasteiger partial charge in [0.15, 0.2) is 5.17 Å². The third-order valence-corrected chi connectivity index (χ3v) is 8.50. The summed E-state index contributed by atoms with van der Waals surface area (Å²) in [5, 5.41) is 15.1. The fourth-order valence-electron chi connectivity index (χ4n) is 4.17. The molecule has 2 heterocycles. The molecule has 1 saturated heterocycles. The number of thioether (sulfide) groups is 2. The zero-order valence-corrected chi connectivity index (χ0v) is 22.1. The summed E-state index contributed by atoms with van der Waals surface area (Å²) in [5.41, 5.74) is 4.47. The van der Waals surface area contributed by atoms with Crippen LogP contribution in [0.15, 0.2) is 92.6 Å². The Labute approximate surface area is 220 Å². The second-order valence-corrected chi connectivity index (χ2v) is 10.6. The van der Waals surface area contributed by atoms with E-state index in [0.29, 0.717) is 22.3 Å². The smallest absolute Gasteiger partial charge is 0.269 e. The van der Waals surface area contributed by atoms with Gasteiger partial charge in [0.1, 0.15) is 4.91 Å². The van der Waals surface area contributed by atoms with Gasteiger partial charge in [0, 0.05) is 18.5 Å². The molecule has 0 saturated carbocycles. The zero-order chi connectivity index (χ0) is 25.2. The lowest BCUT2D eigenvalue weighted by atomic mass is 10.1. The first-order valence-corrected chi connectivity index (χ1v) is 13.5. The molecule has 0 spiro atoms. The van der Waals surface area contributed by atoms with Gasteiger partial charge in [0.2, 0.25) is 0 Å². The molecule has 0 aromatic heterocycles. The molecule has 6 nitrogen and oxygen atoms in total. The van der Waals surface area contributed by atoms with E-state index in [-0.39, 0.29) is 5.91 Å². The summed E-state index contributed by atoms with van der Waals surface area (Å²) < 4.78 is 0. The highest BCUT2D eigenvalue weighted by Crippen LogP contribution is 2.50. The molecule has 1 amide bonds. The van der Waals surface area contributed by atoms with Crippen LogP contribution < -0.4 is 10.2 Å². The topological polar surface area (TPSA) is 68.2 Å². The molecule has 1 fully saturated rings. The Morgan fingerprint density at radius 1 is 1.03 bits per heavy atom. The van der Waals surface area contributed by atoms with Crippen molar-refractivity contribution in [2.75, 3.05) is 23.8 Å². The van der Waals surface area contributed by atoms with Crippen LogP contribution in [0.5, 0.6) is 0 Å². The molecule has 3 aromatic carbocycles. The van der Waals surface area contributed by atoms with E-state index >= 15 is 0 Å². The molecule has 1 atom stereocenters. The van der Waals surface area contributed by atoms with Crippen LogP contribution in [0.25, 0.3) is 0 Å². The Hall–Kier alpha value is -3.20. The van der Waals surface area contributed by atoms with Gasteiger partial charge in [-0.15, -0.1) is 0 Å². The van der Waals surface area contributed by atoms with Crippen LogP contribution in [-0.4, -0.2) is 34.7 Å². The van der Waals surface area contributed by atoms with E-state index in [0.717, 1.165) is 39.0 Å². The maximum Gasteiger partial charge on any atom is 0.269 e. The first kappa shape index (κ1) is 24.5. The number of amides is 1. The van der Waals surface area contributed by atoms with Crippen molar-refractivity contribution in [3.63, 3.8) is 0 Å². The van der Waals surface area contributed by atoms with Crippen molar-refractivity contribution < 1.29 is 9.90 Å². The number of amidine groups is 1. The van der Waals surface area contributed by atoms with Gasteiger partial charge in [-0.05, 0) is 61.0 Å². The van der Waals surface area contributed by atoms with Crippen LogP contribution in [0.1, 0.15) is 31.1 Å². The quantitative estimate of drug-likeness (QED) is 0.372. The number of aliphatic hydroxyl groups is 1. The van der Waals surface area contributed by atoms with Crippen LogP contribution >= 0.6 is 23.5 Å². The average Bonchev–Trinajstić information content (AvgIpc) is 3.37. The van der Waals surface area contributed by atoms with Crippen molar-refractivity contribution in [3.05, 3.63) is 93.9 Å². The number of hydrogen-bond acceptors (Lipinski definition) is 7. The second kappa shape index (κ2) is 10.4. The van der Waals surface area contributed by atoms with E-state index < -0.39 is 6.10 Å². The van der Waals surface area contributed by atoms with E-state index in [1.165, 1.54) is 11.8 Å². The van der Waals surface area contributed by atoms with Gasteiger partial charge in [-0.2, -0.15) is 0 Å². The molecule has 2 N–H and O–H groups in total. The van der Waals surface area contributed by atoms with Crippen LogP contribution in [0.4, 0.5) is 17.1 Å². The van der Waals surface area contributed by atoms with Gasteiger partial charge in [-0.3, -0.25) is 9.69 Å². The Morgan fingerprint density at radius 2 is 1.78 bits per heavy atom. The number of aliphatic imine (C=N–C) groups is 1. The Kier molecular flexibility index (Phi) is 7.09. The SMILES string of the molecule is CCNc1ccc(C(C)O)cc1/N=C1/S/C(=C2\Sc3ccccc3N2C)C(=O)N1Cc1ccccc1. The highest BCUT2D eigenvalue weighted by molar-refractivity contribution is 8.19. The van der Waals surface area contributed by atoms with Gasteiger partial charge in [0.25, 0.3) is 5.91 Å². The summed E-state index contributed by atoms with van der Waals surface area (Å²) in [7, 11) is 2.00. The molecule has 2 aliphatic rings. The molecule has 0 aliphatic carbocycles. The van der Waals surface area contributed by atoms with Crippen LogP contribution in [-0.2, 0) is 11.3 Å². The molecule has 184 valence electrons. The first-order valence-electron chi connectivity index (χ1n) is 11.9. The van der Waals surface area contributed by atoms with E-state index in [1.807, 2.05) is 74.6 Å². The van der Waals surface area contributed by atoms with Crippen molar-refractivity contribution >= 4 is 51.7 Å². The highest BCUT2D eigenvalue weighted by atomic mass is 32.2. The molecular weight excluding hydrogens is 488 g/mol. The monoisotopic (exact) mass is 516 g/mol. The van der Waals surface area contributed by atoms with Gasteiger partial charge in [0.05, 0.1) is 34.7 Å². The number of hydrogen-bond donors (Lipinski definition) is 2. The predicted octanol–water partition coefficient (Wildman–Crippen LogP) is 6.35. The van der Waals surface area contributed by atoms with Crippen LogP contribution in [0.2, 0.25) is 0 Å². The fourth-order valence-corrected chi connectivity index (χ4v) is 6.50. The Morgan fingerprint density at radius 3 is 2.50 bits per heavy atom. The largest absolute Gasteiger partial charge is 0.389 e. The standard InChI is InChI=1S/C28H28N4O2S2/c1-4-29-21-15-14-20(18(2)33)16-22(21)30-28-32(17-19-10-6-5-7-11-19)26(34)25(36-28)27-31(3)23-12-8-9-13-24(23)35-27/h5-16,18,29,33H,4,17H2,1-3H3/b27-25-,30-28+. The number of aliphatic hydroxyl groups excluding tert-OH is 1. The Bertz CT molecular complexity index is 1350. The molecule has 0 bridgehead atoms. The number of benzene rings is 3. The molecule has 1 unspecified atom stereocenters. The van der Waals surface area contributed by atoms with Gasteiger partial charge in [-0.25, -0.2) is 4.99 Å². The van der Waals surface area contributed by atoms with Gasteiger partial charge < -0.3 is 15.3 Å². The maximum absolute atomic E-state index is 13.9. The maximum atomic E-state index is 13.9. The average molecular weight is 517 g/mol. The van der Waals surface area contributed by atoms with Crippen molar-refractivity contribution in [1.82, 2.24) is 4.90 Å². The number of carbonyl (C=O) groups is 1. The van der Waals surface area contributed by atoms with Crippen molar-refractivity contribution in [3.8, 4) is 0 Å². The molecule has 3 aromatic rings. The summed E-state index contributed by atoms with van der Waals surface area (Å²) in [6.45, 7) is 4.93. The molecule has 5 rings (SSSR count). The van der Waals surface area contributed by atoms with E-state index in [2.05, 4.69) is 22.3 Å².